The molecule has 5 nitrogen and oxygen atoms in total. The highest BCUT2D eigenvalue weighted by atomic mass is 16.4. The fourth-order valence-electron chi connectivity index (χ4n) is 2.75. The van der Waals surface area contributed by atoms with Crippen molar-refractivity contribution in [3.63, 3.8) is 0 Å². The largest absolute Gasteiger partial charge is 0.480 e. The third-order valence-corrected chi connectivity index (χ3v) is 3.86. The number of carboxylic acids is 1. The number of carboxylic acid groups (broad SMARTS) is 1. The minimum absolute atomic E-state index is 0.200. The van der Waals surface area contributed by atoms with E-state index in [9.17, 15) is 14.7 Å². The molecule has 0 spiro atoms. The van der Waals surface area contributed by atoms with E-state index in [0.717, 1.165) is 45.2 Å². The topological polar surface area (TPSA) is 69.6 Å². The summed E-state index contributed by atoms with van der Waals surface area (Å²) in [6.45, 7) is 1.50. The molecule has 1 aliphatic carbocycles. The van der Waals surface area contributed by atoms with Crippen LogP contribution in [0.4, 0.5) is 4.79 Å². The first kappa shape index (κ1) is 12.2. The van der Waals surface area contributed by atoms with Gasteiger partial charge in [-0.3, -0.25) is 0 Å². The number of carbonyl (C=O) groups is 2. The summed E-state index contributed by atoms with van der Waals surface area (Å²) < 4.78 is 0. The monoisotopic (exact) mass is 240 g/mol. The van der Waals surface area contributed by atoms with E-state index in [1.165, 1.54) is 0 Å². The lowest BCUT2D eigenvalue weighted by molar-refractivity contribution is -0.144. The zero-order chi connectivity index (χ0) is 12.3. The van der Waals surface area contributed by atoms with Crippen LogP contribution in [0, 0.1) is 0 Å². The summed E-state index contributed by atoms with van der Waals surface area (Å²) in [5.74, 6) is -0.889. The molecule has 0 aromatic rings. The van der Waals surface area contributed by atoms with Gasteiger partial charge in [-0.2, -0.15) is 0 Å². The summed E-state index contributed by atoms with van der Waals surface area (Å²) >= 11 is 0. The Morgan fingerprint density at radius 3 is 2.12 bits per heavy atom. The SMILES string of the molecule is O=C(NC1(C(=O)O)CCCC1)N1CCCCC1. The Bertz CT molecular complexity index is 305. The molecule has 1 aliphatic heterocycles. The van der Waals surface area contributed by atoms with Crippen LogP contribution in [0.2, 0.25) is 0 Å². The summed E-state index contributed by atoms with van der Waals surface area (Å²) in [4.78, 5) is 25.1. The Labute approximate surface area is 101 Å². The molecule has 5 heteroatoms. The van der Waals surface area contributed by atoms with Crippen LogP contribution in [-0.4, -0.2) is 40.6 Å². The molecular formula is C12H20N2O3. The van der Waals surface area contributed by atoms with E-state index in [1.807, 2.05) is 0 Å². The van der Waals surface area contributed by atoms with Gasteiger partial charge < -0.3 is 15.3 Å². The van der Waals surface area contributed by atoms with Crippen molar-refractivity contribution in [3.8, 4) is 0 Å². The van der Waals surface area contributed by atoms with E-state index in [2.05, 4.69) is 5.32 Å². The predicted octanol–water partition coefficient (Wildman–Crippen LogP) is 1.58. The number of likely N-dealkylation sites (tertiary alicyclic amines) is 1. The van der Waals surface area contributed by atoms with Crippen LogP contribution >= 0.6 is 0 Å². The van der Waals surface area contributed by atoms with E-state index >= 15 is 0 Å². The maximum absolute atomic E-state index is 12.0. The van der Waals surface area contributed by atoms with Crippen molar-refractivity contribution >= 4 is 12.0 Å². The van der Waals surface area contributed by atoms with Gasteiger partial charge in [-0.15, -0.1) is 0 Å². The lowest BCUT2D eigenvalue weighted by atomic mass is 9.98. The van der Waals surface area contributed by atoms with Gasteiger partial charge in [0.1, 0.15) is 5.54 Å². The third-order valence-electron chi connectivity index (χ3n) is 3.86. The Balaban J connectivity index is 1.98. The molecule has 2 fully saturated rings. The molecule has 1 heterocycles. The van der Waals surface area contributed by atoms with Crippen molar-refractivity contribution in [2.45, 2.75) is 50.5 Å². The summed E-state index contributed by atoms with van der Waals surface area (Å²) in [5.41, 5.74) is -1.01. The van der Waals surface area contributed by atoms with E-state index in [-0.39, 0.29) is 6.03 Å². The molecule has 1 saturated heterocycles. The molecule has 17 heavy (non-hydrogen) atoms. The lowest BCUT2D eigenvalue weighted by Crippen LogP contribution is -2.57. The molecular weight excluding hydrogens is 220 g/mol. The van der Waals surface area contributed by atoms with Gasteiger partial charge in [-0.1, -0.05) is 12.8 Å². The predicted molar refractivity (Wildman–Crippen MR) is 62.8 cm³/mol. The van der Waals surface area contributed by atoms with E-state index < -0.39 is 11.5 Å². The van der Waals surface area contributed by atoms with Crippen LogP contribution < -0.4 is 5.32 Å². The van der Waals surface area contributed by atoms with Gasteiger partial charge in [-0.25, -0.2) is 9.59 Å². The number of amides is 2. The Hall–Kier alpha value is -1.26. The first-order valence-corrected chi connectivity index (χ1v) is 6.45. The molecule has 96 valence electrons. The van der Waals surface area contributed by atoms with Crippen LogP contribution in [0.5, 0.6) is 0 Å². The second-order valence-corrected chi connectivity index (χ2v) is 5.07. The molecule has 2 aliphatic rings. The van der Waals surface area contributed by atoms with Crippen molar-refractivity contribution in [1.29, 1.82) is 0 Å². The smallest absolute Gasteiger partial charge is 0.329 e. The van der Waals surface area contributed by atoms with Crippen LogP contribution in [0.1, 0.15) is 44.9 Å². The average molecular weight is 240 g/mol. The number of aliphatic carboxylic acids is 1. The molecule has 2 amide bonds. The van der Waals surface area contributed by atoms with Crippen LogP contribution in [0.3, 0.4) is 0 Å². The van der Waals surface area contributed by atoms with Gasteiger partial charge in [0.15, 0.2) is 0 Å². The number of piperidine rings is 1. The number of nitrogens with zero attached hydrogens (tertiary/aromatic N) is 1. The zero-order valence-corrected chi connectivity index (χ0v) is 10.1. The molecule has 0 unspecified atom stereocenters. The van der Waals surface area contributed by atoms with Crippen molar-refractivity contribution in [2.24, 2.45) is 0 Å². The fraction of sp³-hybridized carbons (Fsp3) is 0.833. The van der Waals surface area contributed by atoms with Gasteiger partial charge in [0.05, 0.1) is 0 Å². The lowest BCUT2D eigenvalue weighted by Gasteiger charge is -2.32. The Kier molecular flexibility index (Phi) is 3.54. The van der Waals surface area contributed by atoms with Crippen molar-refractivity contribution in [1.82, 2.24) is 10.2 Å². The molecule has 1 saturated carbocycles. The zero-order valence-electron chi connectivity index (χ0n) is 10.1. The second kappa shape index (κ2) is 4.94. The van der Waals surface area contributed by atoms with Gasteiger partial charge in [0.25, 0.3) is 0 Å². The van der Waals surface area contributed by atoms with Gasteiger partial charge in [0, 0.05) is 13.1 Å². The van der Waals surface area contributed by atoms with E-state index in [0.29, 0.717) is 12.8 Å². The molecule has 0 atom stereocenters. The highest BCUT2D eigenvalue weighted by Gasteiger charge is 2.43. The quantitative estimate of drug-likeness (QED) is 0.770. The number of nitrogens with one attached hydrogen (secondary N) is 1. The highest BCUT2D eigenvalue weighted by molar-refractivity contribution is 5.86. The highest BCUT2D eigenvalue weighted by Crippen LogP contribution is 2.30. The minimum atomic E-state index is -1.01. The van der Waals surface area contributed by atoms with E-state index in [1.54, 1.807) is 4.90 Å². The van der Waals surface area contributed by atoms with Gasteiger partial charge >= 0.3 is 12.0 Å². The summed E-state index contributed by atoms with van der Waals surface area (Å²) in [6, 6.07) is -0.200. The summed E-state index contributed by atoms with van der Waals surface area (Å²) in [7, 11) is 0. The van der Waals surface area contributed by atoms with Crippen molar-refractivity contribution in [2.75, 3.05) is 13.1 Å². The summed E-state index contributed by atoms with van der Waals surface area (Å²) in [6.07, 6.45) is 6.08. The number of hydrogen-bond acceptors (Lipinski definition) is 2. The fourth-order valence-corrected chi connectivity index (χ4v) is 2.75. The maximum Gasteiger partial charge on any atom is 0.329 e. The molecule has 0 aromatic carbocycles. The van der Waals surface area contributed by atoms with Crippen molar-refractivity contribution < 1.29 is 14.7 Å². The maximum atomic E-state index is 12.0. The summed E-state index contributed by atoms with van der Waals surface area (Å²) in [5, 5.41) is 12.0. The van der Waals surface area contributed by atoms with Crippen LogP contribution in [0.25, 0.3) is 0 Å². The van der Waals surface area contributed by atoms with Gasteiger partial charge in [0.2, 0.25) is 0 Å². The molecule has 0 aromatic heterocycles. The standard InChI is InChI=1S/C12H20N2O3/c15-10(16)12(6-2-3-7-12)13-11(17)14-8-4-1-5-9-14/h1-9H2,(H,13,17)(H,15,16). The Morgan fingerprint density at radius 1 is 1.00 bits per heavy atom. The number of hydrogen-bond donors (Lipinski definition) is 2. The Morgan fingerprint density at radius 2 is 1.59 bits per heavy atom. The third kappa shape index (κ3) is 2.53. The minimum Gasteiger partial charge on any atom is -0.480 e. The molecule has 2 N–H and O–H groups in total. The first-order chi connectivity index (χ1) is 8.14. The average Bonchev–Trinajstić information content (AvgIpc) is 2.80. The number of urea groups is 1. The molecule has 0 bridgehead atoms. The van der Waals surface area contributed by atoms with Crippen molar-refractivity contribution in [3.05, 3.63) is 0 Å². The number of rotatable bonds is 2. The first-order valence-electron chi connectivity index (χ1n) is 6.45. The van der Waals surface area contributed by atoms with Crippen LogP contribution in [0.15, 0.2) is 0 Å². The molecule has 0 radical (unpaired) electrons. The second-order valence-electron chi connectivity index (χ2n) is 5.07. The normalized spacial score (nSPS) is 23.4. The van der Waals surface area contributed by atoms with Crippen LogP contribution in [-0.2, 0) is 4.79 Å². The number of carbonyl (C=O) groups excluding carboxylic acids is 1. The van der Waals surface area contributed by atoms with Gasteiger partial charge in [-0.05, 0) is 32.1 Å². The van der Waals surface area contributed by atoms with E-state index in [4.69, 9.17) is 0 Å². The molecule has 2 rings (SSSR count).